The van der Waals surface area contributed by atoms with E-state index in [0.717, 1.165) is 11.3 Å². The van der Waals surface area contributed by atoms with Crippen LogP contribution in [0.3, 0.4) is 0 Å². The molecule has 104 valence electrons. The van der Waals surface area contributed by atoms with E-state index in [2.05, 4.69) is 4.98 Å². The summed E-state index contributed by atoms with van der Waals surface area (Å²) in [5.41, 5.74) is 2.08. The van der Waals surface area contributed by atoms with Crippen LogP contribution in [0.1, 0.15) is 10.4 Å². The number of hydrogen-bond donors (Lipinski definition) is 1. The molecule has 3 rings (SSSR count). The van der Waals surface area contributed by atoms with Crippen molar-refractivity contribution in [1.29, 1.82) is 0 Å². The monoisotopic (exact) mass is 298 g/mol. The Hall–Kier alpha value is -2.53. The minimum Gasteiger partial charge on any atom is -0.330 e. The van der Waals surface area contributed by atoms with Gasteiger partial charge >= 0.3 is 0 Å². The second kappa shape index (κ2) is 5.46. The predicted octanol–water partition coefficient (Wildman–Crippen LogP) is 4.04. The zero-order chi connectivity index (χ0) is 14.8. The quantitative estimate of drug-likeness (QED) is 0.725. The van der Waals surface area contributed by atoms with E-state index in [1.54, 1.807) is 6.20 Å². The Kier molecular flexibility index (Phi) is 3.50. The maximum absolute atomic E-state index is 12.9. The highest BCUT2D eigenvalue weighted by Gasteiger charge is 2.12. The Bertz CT molecular complexity index is 835. The third kappa shape index (κ3) is 2.68. The van der Waals surface area contributed by atoms with E-state index in [-0.39, 0.29) is 11.7 Å². The Balaban J connectivity index is 2.00. The first-order chi connectivity index (χ1) is 10.1. The number of halogens is 1. The Morgan fingerprint density at radius 2 is 1.71 bits per heavy atom. The van der Waals surface area contributed by atoms with Crippen LogP contribution in [0.5, 0.6) is 0 Å². The van der Waals surface area contributed by atoms with Crippen molar-refractivity contribution in [2.24, 2.45) is 0 Å². The largest absolute Gasteiger partial charge is 0.330 e. The van der Waals surface area contributed by atoms with Gasteiger partial charge in [0.1, 0.15) is 5.82 Å². The number of imidazole rings is 1. The molecule has 1 heterocycles. The molecule has 0 atom stereocenters. The van der Waals surface area contributed by atoms with Crippen molar-refractivity contribution in [2.75, 3.05) is 0 Å². The number of aromatic nitrogens is 2. The van der Waals surface area contributed by atoms with Crippen molar-refractivity contribution < 1.29 is 9.18 Å². The van der Waals surface area contributed by atoms with Gasteiger partial charge in [-0.05, 0) is 42.0 Å². The number of benzene rings is 2. The zero-order valence-corrected chi connectivity index (χ0v) is 11.7. The van der Waals surface area contributed by atoms with Crippen LogP contribution in [0.25, 0.3) is 11.3 Å². The average molecular weight is 298 g/mol. The third-order valence-corrected chi connectivity index (χ3v) is 3.41. The van der Waals surface area contributed by atoms with E-state index in [1.807, 2.05) is 30.3 Å². The number of nitrogens with zero attached hydrogens (tertiary/aromatic N) is 1. The molecule has 3 aromatic rings. The second-order valence-corrected chi connectivity index (χ2v) is 4.91. The lowest BCUT2D eigenvalue weighted by atomic mass is 10.2. The van der Waals surface area contributed by atoms with Gasteiger partial charge in [0, 0.05) is 11.8 Å². The fourth-order valence-electron chi connectivity index (χ4n) is 2.04. The normalized spacial score (nSPS) is 10.5. The second-order valence-electron chi connectivity index (χ2n) is 4.52. The van der Waals surface area contributed by atoms with Gasteiger partial charge in [-0.15, -0.1) is 0 Å². The fourth-order valence-corrected chi connectivity index (χ4v) is 2.29. The Morgan fingerprint density at radius 1 is 1.05 bits per heavy atom. The summed E-state index contributed by atoms with van der Waals surface area (Å²) < 4.78 is 14.6. The van der Waals surface area contributed by atoms with Gasteiger partial charge < -0.3 is 4.98 Å². The number of nitrogens with one attached hydrogen (secondary N) is 1. The summed E-state index contributed by atoms with van der Waals surface area (Å²) in [5, 5.41) is 0. The van der Waals surface area contributed by atoms with Crippen LogP contribution in [0.4, 0.5) is 4.39 Å². The molecule has 0 unspecified atom stereocenters. The molecule has 0 bridgehead atoms. The van der Waals surface area contributed by atoms with Crippen molar-refractivity contribution in [1.82, 2.24) is 9.55 Å². The molecule has 0 saturated carbocycles. The highest BCUT2D eigenvalue weighted by Crippen LogP contribution is 2.17. The van der Waals surface area contributed by atoms with Crippen LogP contribution < -0.4 is 0 Å². The molecule has 0 fully saturated rings. The van der Waals surface area contributed by atoms with Gasteiger partial charge in [0.25, 0.3) is 5.91 Å². The molecule has 0 aliphatic rings. The molecule has 21 heavy (non-hydrogen) atoms. The van der Waals surface area contributed by atoms with Crippen molar-refractivity contribution in [3.8, 4) is 11.3 Å². The van der Waals surface area contributed by atoms with Crippen molar-refractivity contribution >= 4 is 18.1 Å². The number of carbonyl (C=O) groups excluding carboxylic acids is 1. The van der Waals surface area contributed by atoms with Crippen LogP contribution in [0.15, 0.2) is 60.8 Å². The van der Waals surface area contributed by atoms with E-state index in [0.29, 0.717) is 10.3 Å². The zero-order valence-electron chi connectivity index (χ0n) is 10.9. The van der Waals surface area contributed by atoms with Gasteiger partial charge in [-0.3, -0.25) is 9.36 Å². The van der Waals surface area contributed by atoms with Gasteiger partial charge in [-0.1, -0.05) is 30.3 Å². The summed E-state index contributed by atoms with van der Waals surface area (Å²) >= 11 is 5.19. The molecule has 2 aromatic carbocycles. The number of rotatable bonds is 2. The van der Waals surface area contributed by atoms with Crippen LogP contribution in [-0.4, -0.2) is 15.5 Å². The summed E-state index contributed by atoms with van der Waals surface area (Å²) in [6.07, 6.45) is 1.66. The maximum atomic E-state index is 12.9. The highest BCUT2D eigenvalue weighted by molar-refractivity contribution is 7.71. The molecule has 0 aliphatic carbocycles. The molecular formula is C16H11FN2OS. The molecule has 0 aliphatic heterocycles. The Morgan fingerprint density at radius 3 is 2.38 bits per heavy atom. The summed E-state index contributed by atoms with van der Waals surface area (Å²) in [6, 6.07) is 15.0. The molecule has 0 radical (unpaired) electrons. The molecule has 1 aromatic heterocycles. The van der Waals surface area contributed by atoms with Crippen LogP contribution >= 0.6 is 12.2 Å². The number of carbonyl (C=O) groups is 1. The first kappa shape index (κ1) is 13.5. The standard InChI is InChI=1S/C16H11FN2OS/c17-13-8-6-12(7-9-13)15(20)19-10-14(18-16(19)21)11-4-2-1-3-5-11/h1-10H,(H,18,21). The number of aromatic amines is 1. The highest BCUT2D eigenvalue weighted by atomic mass is 32.1. The smallest absolute Gasteiger partial charge is 0.264 e. The SMILES string of the molecule is O=C(c1ccc(F)cc1)n1cc(-c2ccccc2)[nH]c1=S. The van der Waals surface area contributed by atoms with Crippen molar-refractivity contribution in [3.05, 3.63) is 76.9 Å². The van der Waals surface area contributed by atoms with E-state index < -0.39 is 0 Å². The van der Waals surface area contributed by atoms with E-state index in [1.165, 1.54) is 28.8 Å². The predicted molar refractivity (Wildman–Crippen MR) is 81.2 cm³/mol. The molecule has 3 nitrogen and oxygen atoms in total. The molecular weight excluding hydrogens is 287 g/mol. The summed E-state index contributed by atoms with van der Waals surface area (Å²) in [6.45, 7) is 0. The van der Waals surface area contributed by atoms with E-state index in [9.17, 15) is 9.18 Å². The molecule has 5 heteroatoms. The lowest BCUT2D eigenvalue weighted by Crippen LogP contribution is -2.10. The molecule has 0 amide bonds. The third-order valence-electron chi connectivity index (χ3n) is 3.11. The summed E-state index contributed by atoms with van der Waals surface area (Å²) in [5.74, 6) is -0.673. The van der Waals surface area contributed by atoms with Gasteiger partial charge in [-0.2, -0.15) is 0 Å². The van der Waals surface area contributed by atoms with Gasteiger partial charge in [0.15, 0.2) is 4.77 Å². The average Bonchev–Trinajstić information content (AvgIpc) is 2.90. The molecule has 0 saturated heterocycles. The van der Waals surface area contributed by atoms with Crippen molar-refractivity contribution in [3.63, 3.8) is 0 Å². The van der Waals surface area contributed by atoms with Gasteiger partial charge in [0.2, 0.25) is 0 Å². The minimum absolute atomic E-state index is 0.293. The summed E-state index contributed by atoms with van der Waals surface area (Å²) in [4.78, 5) is 15.4. The Labute approximate surface area is 125 Å². The van der Waals surface area contributed by atoms with Crippen LogP contribution in [-0.2, 0) is 0 Å². The first-order valence-electron chi connectivity index (χ1n) is 6.32. The maximum Gasteiger partial charge on any atom is 0.264 e. The van der Waals surface area contributed by atoms with E-state index in [4.69, 9.17) is 12.2 Å². The lowest BCUT2D eigenvalue weighted by molar-refractivity contribution is 0.0958. The molecule has 1 N–H and O–H groups in total. The molecule has 0 spiro atoms. The van der Waals surface area contributed by atoms with E-state index >= 15 is 0 Å². The van der Waals surface area contributed by atoms with Gasteiger partial charge in [-0.25, -0.2) is 4.39 Å². The minimum atomic E-state index is -0.380. The number of H-pyrrole nitrogens is 1. The topological polar surface area (TPSA) is 37.8 Å². The van der Waals surface area contributed by atoms with Crippen LogP contribution in [0, 0.1) is 10.6 Å². The fraction of sp³-hybridized carbons (Fsp3) is 0. The first-order valence-corrected chi connectivity index (χ1v) is 6.73. The number of hydrogen-bond acceptors (Lipinski definition) is 2. The van der Waals surface area contributed by atoms with Crippen LogP contribution in [0.2, 0.25) is 0 Å². The summed E-state index contributed by atoms with van der Waals surface area (Å²) in [7, 11) is 0. The lowest BCUT2D eigenvalue weighted by Gasteiger charge is -2.01. The van der Waals surface area contributed by atoms with Gasteiger partial charge in [0.05, 0.1) is 5.69 Å². The van der Waals surface area contributed by atoms with Crippen molar-refractivity contribution in [2.45, 2.75) is 0 Å².